The molecule has 0 amide bonds. The van der Waals surface area contributed by atoms with Crippen LogP contribution in [0.3, 0.4) is 0 Å². The van der Waals surface area contributed by atoms with Crippen molar-refractivity contribution in [1.29, 1.82) is 0 Å². The number of carbonyl (C=O) groups excluding carboxylic acids is 1. The molecule has 1 aromatic carbocycles. The first-order valence-electron chi connectivity index (χ1n) is 5.59. The fourth-order valence-electron chi connectivity index (χ4n) is 1.63. The van der Waals surface area contributed by atoms with Crippen LogP contribution in [0.15, 0.2) is 18.2 Å². The fraction of sp³-hybridized carbons (Fsp3) is 0.417. The van der Waals surface area contributed by atoms with Crippen LogP contribution in [0, 0.1) is 0 Å². The van der Waals surface area contributed by atoms with Crippen LogP contribution >= 0.6 is 0 Å². The Balaban J connectivity index is 3.03. The lowest BCUT2D eigenvalue weighted by Crippen LogP contribution is -2.31. The molecule has 0 unspecified atom stereocenters. The van der Waals surface area contributed by atoms with Gasteiger partial charge in [0.05, 0.1) is 23.5 Å². The van der Waals surface area contributed by atoms with E-state index in [1.807, 2.05) is 0 Å². The zero-order valence-corrected chi connectivity index (χ0v) is 10.6. The van der Waals surface area contributed by atoms with Gasteiger partial charge in [0.25, 0.3) is 0 Å². The molecule has 1 rings (SSSR count). The predicted molar refractivity (Wildman–Crippen MR) is 66.1 cm³/mol. The van der Waals surface area contributed by atoms with Crippen molar-refractivity contribution in [2.75, 3.05) is 30.8 Å². The summed E-state index contributed by atoms with van der Waals surface area (Å²) >= 11 is 0. The fourth-order valence-corrected chi connectivity index (χ4v) is 1.63. The Morgan fingerprint density at radius 1 is 1.42 bits per heavy atom. The second-order valence-electron chi connectivity index (χ2n) is 3.93. The van der Waals surface area contributed by atoms with Crippen LogP contribution in [-0.2, 0) is 4.74 Å². The number of nitrogens with two attached hydrogens (primary N) is 1. The number of ether oxygens (including phenoxy) is 1. The molecule has 0 aliphatic carbocycles. The smallest absolute Gasteiger partial charge is 0.405 e. The molecule has 0 spiro atoms. The van der Waals surface area contributed by atoms with Crippen LogP contribution in [0.4, 0.5) is 24.5 Å². The summed E-state index contributed by atoms with van der Waals surface area (Å²) in [4.78, 5) is 12.5. The summed E-state index contributed by atoms with van der Waals surface area (Å²) in [6.07, 6.45) is -4.35. The van der Waals surface area contributed by atoms with Crippen LogP contribution in [0.2, 0.25) is 0 Å². The highest BCUT2D eigenvalue weighted by Crippen LogP contribution is 2.28. The van der Waals surface area contributed by atoms with E-state index in [0.717, 1.165) is 4.90 Å². The third kappa shape index (κ3) is 4.04. The third-order valence-electron chi connectivity index (χ3n) is 2.41. The molecule has 0 atom stereocenters. The molecule has 0 fully saturated rings. The van der Waals surface area contributed by atoms with Crippen molar-refractivity contribution in [2.24, 2.45) is 0 Å². The minimum atomic E-state index is -4.35. The lowest BCUT2D eigenvalue weighted by atomic mass is 10.1. The number of para-hydroxylation sites is 1. The van der Waals surface area contributed by atoms with E-state index in [1.165, 1.54) is 25.2 Å². The average Bonchev–Trinajstić information content (AvgIpc) is 2.27. The SMILES string of the molecule is CCOC(=O)c1cccc(N(C)CC(F)(F)F)c1N. The molecular weight excluding hydrogens is 261 g/mol. The van der Waals surface area contributed by atoms with Gasteiger partial charge in [0.2, 0.25) is 0 Å². The van der Waals surface area contributed by atoms with Crippen molar-refractivity contribution >= 4 is 17.3 Å². The van der Waals surface area contributed by atoms with Gasteiger partial charge in [-0.3, -0.25) is 0 Å². The minimum absolute atomic E-state index is 0.0206. The molecule has 19 heavy (non-hydrogen) atoms. The maximum atomic E-state index is 12.3. The van der Waals surface area contributed by atoms with E-state index in [-0.39, 0.29) is 23.5 Å². The van der Waals surface area contributed by atoms with Gasteiger partial charge in [-0.1, -0.05) is 6.07 Å². The van der Waals surface area contributed by atoms with E-state index in [0.29, 0.717) is 0 Å². The van der Waals surface area contributed by atoms with Gasteiger partial charge < -0.3 is 15.4 Å². The molecule has 0 bridgehead atoms. The number of nitrogens with zero attached hydrogens (tertiary/aromatic N) is 1. The number of benzene rings is 1. The van der Waals surface area contributed by atoms with Crippen LogP contribution in [0.1, 0.15) is 17.3 Å². The largest absolute Gasteiger partial charge is 0.462 e. The maximum absolute atomic E-state index is 12.3. The van der Waals surface area contributed by atoms with Gasteiger partial charge in [-0.2, -0.15) is 13.2 Å². The molecule has 4 nitrogen and oxygen atoms in total. The van der Waals surface area contributed by atoms with E-state index in [9.17, 15) is 18.0 Å². The predicted octanol–water partition coefficient (Wildman–Crippen LogP) is 2.44. The number of esters is 1. The minimum Gasteiger partial charge on any atom is -0.462 e. The van der Waals surface area contributed by atoms with E-state index < -0.39 is 18.7 Å². The Labute approximate surface area is 108 Å². The van der Waals surface area contributed by atoms with Gasteiger partial charge in [0.15, 0.2) is 0 Å². The van der Waals surface area contributed by atoms with Crippen molar-refractivity contribution in [3.8, 4) is 0 Å². The monoisotopic (exact) mass is 276 g/mol. The molecule has 106 valence electrons. The number of carbonyl (C=O) groups is 1. The number of anilines is 2. The molecule has 2 N–H and O–H groups in total. The highest BCUT2D eigenvalue weighted by atomic mass is 19.4. The Morgan fingerprint density at radius 2 is 2.05 bits per heavy atom. The van der Waals surface area contributed by atoms with Crippen LogP contribution in [-0.4, -0.2) is 32.3 Å². The summed E-state index contributed by atoms with van der Waals surface area (Å²) in [5.74, 6) is -0.651. The number of nitrogen functional groups attached to an aromatic ring is 1. The Bertz CT molecular complexity index is 461. The number of hydrogen-bond donors (Lipinski definition) is 1. The van der Waals surface area contributed by atoms with Gasteiger partial charge in [-0.05, 0) is 19.1 Å². The zero-order valence-electron chi connectivity index (χ0n) is 10.6. The quantitative estimate of drug-likeness (QED) is 0.678. The molecule has 0 aromatic heterocycles. The standard InChI is InChI=1S/C12H15F3N2O2/c1-3-19-11(18)8-5-4-6-9(10(8)16)17(2)7-12(13,14)15/h4-6H,3,7,16H2,1-2H3. The lowest BCUT2D eigenvalue weighted by molar-refractivity contribution is -0.119. The summed E-state index contributed by atoms with van der Waals surface area (Å²) in [7, 11) is 1.26. The Morgan fingerprint density at radius 3 is 2.58 bits per heavy atom. The molecular formula is C12H15F3N2O2. The van der Waals surface area contributed by atoms with Crippen molar-refractivity contribution in [2.45, 2.75) is 13.1 Å². The Kier molecular flexibility index (Phi) is 4.63. The highest BCUT2D eigenvalue weighted by Gasteiger charge is 2.30. The van der Waals surface area contributed by atoms with E-state index >= 15 is 0 Å². The van der Waals surface area contributed by atoms with Gasteiger partial charge in [0.1, 0.15) is 6.54 Å². The van der Waals surface area contributed by atoms with Gasteiger partial charge >= 0.3 is 12.1 Å². The van der Waals surface area contributed by atoms with Crippen LogP contribution in [0.25, 0.3) is 0 Å². The van der Waals surface area contributed by atoms with Gasteiger partial charge in [-0.15, -0.1) is 0 Å². The van der Waals surface area contributed by atoms with Crippen LogP contribution < -0.4 is 10.6 Å². The maximum Gasteiger partial charge on any atom is 0.405 e. The van der Waals surface area contributed by atoms with Crippen molar-refractivity contribution in [1.82, 2.24) is 0 Å². The zero-order chi connectivity index (χ0) is 14.6. The topological polar surface area (TPSA) is 55.6 Å². The van der Waals surface area contributed by atoms with Crippen molar-refractivity contribution < 1.29 is 22.7 Å². The number of alkyl halides is 3. The summed E-state index contributed by atoms with van der Waals surface area (Å²) in [5, 5.41) is 0. The second kappa shape index (κ2) is 5.81. The first kappa shape index (κ1) is 15.1. The normalized spacial score (nSPS) is 11.2. The number of hydrogen-bond acceptors (Lipinski definition) is 4. The molecule has 0 heterocycles. The molecule has 0 aliphatic rings. The average molecular weight is 276 g/mol. The number of rotatable bonds is 4. The first-order valence-corrected chi connectivity index (χ1v) is 5.59. The number of halogens is 3. The van der Waals surface area contributed by atoms with E-state index in [4.69, 9.17) is 10.5 Å². The Hall–Kier alpha value is -1.92. The van der Waals surface area contributed by atoms with Crippen molar-refractivity contribution in [3.63, 3.8) is 0 Å². The van der Waals surface area contributed by atoms with E-state index in [1.54, 1.807) is 6.92 Å². The molecule has 0 saturated carbocycles. The van der Waals surface area contributed by atoms with E-state index in [2.05, 4.69) is 0 Å². The second-order valence-corrected chi connectivity index (χ2v) is 3.93. The molecule has 0 radical (unpaired) electrons. The summed E-state index contributed by atoms with van der Waals surface area (Å²) in [5.41, 5.74) is 5.91. The lowest BCUT2D eigenvalue weighted by Gasteiger charge is -2.23. The summed E-state index contributed by atoms with van der Waals surface area (Å²) < 4.78 is 41.8. The molecule has 1 aromatic rings. The molecule has 0 aliphatic heterocycles. The highest BCUT2D eigenvalue weighted by molar-refractivity contribution is 5.98. The van der Waals surface area contributed by atoms with Crippen molar-refractivity contribution in [3.05, 3.63) is 23.8 Å². The summed E-state index contributed by atoms with van der Waals surface area (Å²) in [6, 6.07) is 4.30. The third-order valence-corrected chi connectivity index (χ3v) is 2.41. The first-order chi connectivity index (χ1) is 8.76. The molecule has 7 heteroatoms. The van der Waals surface area contributed by atoms with Crippen LogP contribution in [0.5, 0.6) is 0 Å². The van der Waals surface area contributed by atoms with Gasteiger partial charge in [-0.25, -0.2) is 4.79 Å². The molecule has 0 saturated heterocycles. The summed E-state index contributed by atoms with van der Waals surface area (Å²) in [6.45, 7) is 0.651. The van der Waals surface area contributed by atoms with Gasteiger partial charge in [0, 0.05) is 7.05 Å².